The zero-order chi connectivity index (χ0) is 21.1. The number of nitrogens with zero attached hydrogens (tertiary/aromatic N) is 3. The van der Waals surface area contributed by atoms with E-state index in [0.29, 0.717) is 22.9 Å². The van der Waals surface area contributed by atoms with Crippen LogP contribution in [-0.2, 0) is 9.59 Å². The molecule has 0 spiro atoms. The predicted octanol–water partition coefficient (Wildman–Crippen LogP) is 2.79. The first-order chi connectivity index (χ1) is 13.8. The minimum absolute atomic E-state index is 0.0814. The van der Waals surface area contributed by atoms with Crippen molar-refractivity contribution in [1.82, 2.24) is 4.98 Å². The molecule has 1 N–H and O–H groups in total. The summed E-state index contributed by atoms with van der Waals surface area (Å²) >= 11 is 5.96. The number of ether oxygens (including phenoxy) is 2. The number of aromatic nitrogens is 1. The van der Waals surface area contributed by atoms with Crippen molar-refractivity contribution in [2.45, 2.75) is 19.4 Å². The predicted molar refractivity (Wildman–Crippen MR) is 105 cm³/mol. The molecule has 1 aromatic heterocycles. The Labute approximate surface area is 170 Å². The summed E-state index contributed by atoms with van der Waals surface area (Å²) in [5, 5.41) is 14.1. The van der Waals surface area contributed by atoms with Gasteiger partial charge in [0.05, 0.1) is 12.8 Å². The number of pyridine rings is 1. The number of fused-ring (bicyclic) bond motifs is 1. The molecule has 1 aliphatic heterocycles. The molecule has 1 aromatic carbocycles. The molecule has 0 radical (unpaired) electrons. The zero-order valence-electron chi connectivity index (χ0n) is 15.5. The number of nitro groups is 1. The van der Waals surface area contributed by atoms with Crippen LogP contribution < -0.4 is 19.7 Å². The third-order valence-corrected chi connectivity index (χ3v) is 4.42. The van der Waals surface area contributed by atoms with Gasteiger partial charge in [-0.3, -0.25) is 14.5 Å². The first-order valence-corrected chi connectivity index (χ1v) is 8.98. The molecule has 0 bridgehead atoms. The summed E-state index contributed by atoms with van der Waals surface area (Å²) < 4.78 is 10.7. The van der Waals surface area contributed by atoms with Crippen LogP contribution in [0.4, 0.5) is 17.3 Å². The van der Waals surface area contributed by atoms with Crippen LogP contribution in [0.15, 0.2) is 30.3 Å². The third kappa shape index (κ3) is 4.21. The van der Waals surface area contributed by atoms with Crippen molar-refractivity contribution >= 4 is 40.7 Å². The summed E-state index contributed by atoms with van der Waals surface area (Å²) in [6.07, 6.45) is -0.463. The van der Waals surface area contributed by atoms with Gasteiger partial charge in [0.1, 0.15) is 12.3 Å². The summed E-state index contributed by atoms with van der Waals surface area (Å²) in [4.78, 5) is 40.7. The molecule has 0 saturated carbocycles. The van der Waals surface area contributed by atoms with E-state index in [1.165, 1.54) is 25.3 Å². The smallest absolute Gasteiger partial charge is 0.366 e. The molecule has 2 heterocycles. The van der Waals surface area contributed by atoms with E-state index in [1.54, 1.807) is 19.1 Å². The van der Waals surface area contributed by atoms with Gasteiger partial charge in [0.15, 0.2) is 11.9 Å². The Bertz CT molecular complexity index is 983. The van der Waals surface area contributed by atoms with Crippen LogP contribution >= 0.6 is 11.6 Å². The molecule has 3 rings (SSSR count). The van der Waals surface area contributed by atoms with Crippen molar-refractivity contribution < 1.29 is 24.0 Å². The minimum atomic E-state index is -0.820. The molecule has 1 aliphatic rings. The highest BCUT2D eigenvalue weighted by Crippen LogP contribution is 2.35. The van der Waals surface area contributed by atoms with Gasteiger partial charge in [0, 0.05) is 11.1 Å². The molecule has 1 atom stereocenters. The molecule has 0 fully saturated rings. The van der Waals surface area contributed by atoms with Gasteiger partial charge in [-0.05, 0) is 40.6 Å². The molecule has 29 heavy (non-hydrogen) atoms. The van der Waals surface area contributed by atoms with Crippen LogP contribution in [0.25, 0.3) is 0 Å². The number of carbonyl (C=O) groups is 2. The molecule has 10 nitrogen and oxygen atoms in total. The number of nitrogens with one attached hydrogen (secondary N) is 1. The van der Waals surface area contributed by atoms with Crippen molar-refractivity contribution in [3.8, 4) is 11.5 Å². The van der Waals surface area contributed by atoms with Gasteiger partial charge in [0.2, 0.25) is 5.91 Å². The number of carbonyl (C=O) groups excluding carboxylic acids is 2. The monoisotopic (exact) mass is 420 g/mol. The van der Waals surface area contributed by atoms with Crippen LogP contribution in [0, 0.1) is 10.1 Å². The number of rotatable bonds is 6. The lowest BCUT2D eigenvalue weighted by Crippen LogP contribution is -2.49. The van der Waals surface area contributed by atoms with E-state index in [2.05, 4.69) is 10.3 Å². The number of benzene rings is 1. The van der Waals surface area contributed by atoms with E-state index in [0.717, 1.165) is 4.90 Å². The number of amides is 2. The van der Waals surface area contributed by atoms with Crippen LogP contribution in [-0.4, -0.2) is 41.5 Å². The minimum Gasteiger partial charge on any atom is -0.495 e. The normalized spacial score (nSPS) is 15.3. The first-order valence-electron chi connectivity index (χ1n) is 8.61. The zero-order valence-corrected chi connectivity index (χ0v) is 16.3. The second-order valence-corrected chi connectivity index (χ2v) is 6.52. The van der Waals surface area contributed by atoms with Crippen molar-refractivity contribution in [2.24, 2.45) is 0 Å². The summed E-state index contributed by atoms with van der Waals surface area (Å²) in [5.74, 6) is -1.04. The largest absolute Gasteiger partial charge is 0.495 e. The summed E-state index contributed by atoms with van der Waals surface area (Å²) in [5.41, 5.74) is 0.324. The Hall–Kier alpha value is -3.40. The SMILES string of the molecule is CCC1Oc2ccc([N+](=O)[O-])nc2N(CC(=O)Nc2cc(Cl)ccc2OC)C1=O. The van der Waals surface area contributed by atoms with Crippen LogP contribution in [0.1, 0.15) is 13.3 Å². The molecule has 0 saturated heterocycles. The van der Waals surface area contributed by atoms with Crippen LogP contribution in [0.5, 0.6) is 11.5 Å². The molecule has 2 aromatic rings. The Kier molecular flexibility index (Phi) is 5.83. The van der Waals surface area contributed by atoms with Gasteiger partial charge in [-0.2, -0.15) is 0 Å². The van der Waals surface area contributed by atoms with E-state index in [9.17, 15) is 19.7 Å². The second-order valence-electron chi connectivity index (χ2n) is 6.08. The fourth-order valence-electron chi connectivity index (χ4n) is 2.82. The maximum Gasteiger partial charge on any atom is 0.366 e. The van der Waals surface area contributed by atoms with Crippen molar-refractivity contribution in [1.29, 1.82) is 0 Å². The van der Waals surface area contributed by atoms with Gasteiger partial charge in [-0.1, -0.05) is 18.5 Å². The third-order valence-electron chi connectivity index (χ3n) is 4.19. The molecule has 0 aliphatic carbocycles. The highest BCUT2D eigenvalue weighted by Gasteiger charge is 2.39. The number of methoxy groups -OCH3 is 1. The summed E-state index contributed by atoms with van der Waals surface area (Å²) in [6.45, 7) is 1.33. The standard InChI is InChI=1S/C18H17ClN4O6/c1-3-12-18(25)22(17-14(29-12)6-7-15(21-17)23(26)27)9-16(24)20-11-8-10(19)4-5-13(11)28-2/h4-8,12H,3,9H2,1-2H3,(H,20,24). The van der Waals surface area contributed by atoms with E-state index < -0.39 is 35.2 Å². The number of halogens is 1. The first kappa shape index (κ1) is 20.3. The van der Waals surface area contributed by atoms with E-state index in [4.69, 9.17) is 21.1 Å². The quantitative estimate of drug-likeness (QED) is 0.562. The Morgan fingerprint density at radius 3 is 2.83 bits per heavy atom. The molecular weight excluding hydrogens is 404 g/mol. The number of hydrogen-bond acceptors (Lipinski definition) is 7. The maximum atomic E-state index is 12.7. The lowest BCUT2D eigenvalue weighted by atomic mass is 10.2. The number of anilines is 2. The molecule has 11 heteroatoms. The van der Waals surface area contributed by atoms with E-state index in [1.807, 2.05) is 0 Å². The van der Waals surface area contributed by atoms with E-state index in [-0.39, 0.29) is 11.6 Å². The lowest BCUT2D eigenvalue weighted by molar-refractivity contribution is -0.389. The summed E-state index contributed by atoms with van der Waals surface area (Å²) in [6, 6.07) is 7.24. The second kappa shape index (κ2) is 8.31. The Morgan fingerprint density at radius 2 is 2.17 bits per heavy atom. The van der Waals surface area contributed by atoms with Crippen LogP contribution in [0.2, 0.25) is 5.02 Å². The van der Waals surface area contributed by atoms with Gasteiger partial charge in [-0.15, -0.1) is 0 Å². The lowest BCUT2D eigenvalue weighted by Gasteiger charge is -2.30. The van der Waals surface area contributed by atoms with Crippen molar-refractivity contribution in [3.63, 3.8) is 0 Å². The van der Waals surface area contributed by atoms with Gasteiger partial charge >= 0.3 is 5.82 Å². The highest BCUT2D eigenvalue weighted by atomic mass is 35.5. The number of hydrogen-bond donors (Lipinski definition) is 1. The van der Waals surface area contributed by atoms with Crippen molar-refractivity contribution in [3.05, 3.63) is 45.5 Å². The van der Waals surface area contributed by atoms with E-state index >= 15 is 0 Å². The average Bonchev–Trinajstić information content (AvgIpc) is 2.69. The van der Waals surface area contributed by atoms with Gasteiger partial charge in [0.25, 0.3) is 11.7 Å². The average molecular weight is 421 g/mol. The van der Waals surface area contributed by atoms with Crippen molar-refractivity contribution in [2.75, 3.05) is 23.9 Å². The topological polar surface area (TPSA) is 124 Å². The maximum absolute atomic E-state index is 12.7. The molecule has 2 amide bonds. The molecule has 1 unspecified atom stereocenters. The van der Waals surface area contributed by atoms with Gasteiger partial charge in [-0.25, -0.2) is 0 Å². The highest BCUT2D eigenvalue weighted by molar-refractivity contribution is 6.31. The summed E-state index contributed by atoms with van der Waals surface area (Å²) in [7, 11) is 1.44. The Balaban J connectivity index is 1.90. The fraction of sp³-hybridized carbons (Fsp3) is 0.278. The molecular formula is C18H17ClN4O6. The van der Waals surface area contributed by atoms with Gasteiger partial charge < -0.3 is 24.9 Å². The van der Waals surface area contributed by atoms with Crippen LogP contribution in [0.3, 0.4) is 0 Å². The Morgan fingerprint density at radius 1 is 1.41 bits per heavy atom. The molecule has 152 valence electrons. The fourth-order valence-corrected chi connectivity index (χ4v) is 2.99.